The van der Waals surface area contributed by atoms with E-state index in [2.05, 4.69) is 29.1 Å². The molecule has 18 heavy (non-hydrogen) atoms. The second-order valence-electron chi connectivity index (χ2n) is 4.26. The molecule has 4 heteroatoms. The van der Waals surface area contributed by atoms with Crippen LogP contribution in [0.3, 0.4) is 0 Å². The van der Waals surface area contributed by atoms with Gasteiger partial charge in [-0.15, -0.1) is 0 Å². The maximum absolute atomic E-state index is 11.8. The molecule has 0 aliphatic carbocycles. The Labute approximate surface area is 108 Å². The van der Waals surface area contributed by atoms with Crippen LogP contribution in [0.5, 0.6) is 0 Å². The summed E-state index contributed by atoms with van der Waals surface area (Å²) in [6.07, 6.45) is 0. The van der Waals surface area contributed by atoms with Gasteiger partial charge in [-0.3, -0.25) is 9.79 Å². The number of carbonyl (C=O) groups is 1. The van der Waals surface area contributed by atoms with Crippen LogP contribution in [0.4, 0.5) is 5.69 Å². The fraction of sp³-hybridized carbons (Fsp3) is 0.429. The van der Waals surface area contributed by atoms with Crippen molar-refractivity contribution in [2.45, 2.75) is 13.8 Å². The SMILES string of the molecule is CCN(CC)CCN=C1C(=O)Nc2ccccc21. The molecule has 0 unspecified atom stereocenters. The minimum absolute atomic E-state index is 0.0873. The number of rotatable bonds is 5. The number of benzene rings is 1. The van der Waals surface area contributed by atoms with E-state index < -0.39 is 0 Å². The van der Waals surface area contributed by atoms with Crippen molar-refractivity contribution in [3.8, 4) is 0 Å². The molecule has 96 valence electrons. The summed E-state index contributed by atoms with van der Waals surface area (Å²) in [7, 11) is 0. The normalized spacial score (nSPS) is 16.2. The monoisotopic (exact) mass is 245 g/mol. The number of hydrogen-bond donors (Lipinski definition) is 1. The number of para-hydroxylation sites is 1. The van der Waals surface area contributed by atoms with Gasteiger partial charge in [-0.25, -0.2) is 0 Å². The van der Waals surface area contributed by atoms with Gasteiger partial charge in [0.15, 0.2) is 0 Å². The highest BCUT2D eigenvalue weighted by Gasteiger charge is 2.24. The van der Waals surface area contributed by atoms with E-state index in [4.69, 9.17) is 0 Å². The smallest absolute Gasteiger partial charge is 0.274 e. The molecule has 0 aromatic heterocycles. The Bertz CT molecular complexity index is 464. The lowest BCUT2D eigenvalue weighted by Gasteiger charge is -2.16. The standard InChI is InChI=1S/C14H19N3O/c1-3-17(4-2)10-9-15-13-11-7-5-6-8-12(11)16-14(13)18/h5-8H,3-4,9-10H2,1-2H3,(H,15,16,18). The number of hydrogen-bond acceptors (Lipinski definition) is 3. The third-order valence-electron chi connectivity index (χ3n) is 3.23. The van der Waals surface area contributed by atoms with Crippen LogP contribution in [0, 0.1) is 0 Å². The van der Waals surface area contributed by atoms with Crippen LogP contribution in [0.15, 0.2) is 29.3 Å². The van der Waals surface area contributed by atoms with Crippen LogP contribution >= 0.6 is 0 Å². The molecule has 0 bridgehead atoms. The fourth-order valence-corrected chi connectivity index (χ4v) is 2.10. The molecule has 1 N–H and O–H groups in total. The van der Waals surface area contributed by atoms with Crippen LogP contribution in [0.1, 0.15) is 19.4 Å². The lowest BCUT2D eigenvalue weighted by Crippen LogP contribution is -2.26. The molecule has 1 aliphatic heterocycles. The molecule has 1 amide bonds. The largest absolute Gasteiger partial charge is 0.320 e. The Kier molecular flexibility index (Phi) is 4.10. The summed E-state index contributed by atoms with van der Waals surface area (Å²) < 4.78 is 0. The summed E-state index contributed by atoms with van der Waals surface area (Å²) in [6, 6.07) is 7.68. The van der Waals surface area contributed by atoms with Crippen molar-refractivity contribution in [3.05, 3.63) is 29.8 Å². The van der Waals surface area contributed by atoms with E-state index in [1.807, 2.05) is 24.3 Å². The first kappa shape index (κ1) is 12.8. The number of likely N-dealkylation sites (N-methyl/N-ethyl adjacent to an activating group) is 1. The summed E-state index contributed by atoms with van der Waals surface area (Å²) in [5.41, 5.74) is 2.35. The Morgan fingerprint density at radius 3 is 2.67 bits per heavy atom. The summed E-state index contributed by atoms with van der Waals surface area (Å²) in [6.45, 7) is 7.86. The zero-order valence-electron chi connectivity index (χ0n) is 10.9. The van der Waals surface area contributed by atoms with E-state index in [-0.39, 0.29) is 5.91 Å². The quantitative estimate of drug-likeness (QED) is 0.859. The van der Waals surface area contributed by atoms with Gasteiger partial charge >= 0.3 is 0 Å². The number of amides is 1. The van der Waals surface area contributed by atoms with Gasteiger partial charge in [-0.1, -0.05) is 32.0 Å². The number of anilines is 1. The first-order chi connectivity index (χ1) is 8.76. The Morgan fingerprint density at radius 1 is 1.22 bits per heavy atom. The fourth-order valence-electron chi connectivity index (χ4n) is 2.10. The van der Waals surface area contributed by atoms with E-state index in [0.29, 0.717) is 12.3 Å². The summed E-state index contributed by atoms with van der Waals surface area (Å²) in [4.78, 5) is 18.5. The number of carbonyl (C=O) groups excluding carboxylic acids is 1. The van der Waals surface area contributed by atoms with Crippen LogP contribution in [-0.4, -0.2) is 42.7 Å². The van der Waals surface area contributed by atoms with Gasteiger partial charge in [0.25, 0.3) is 5.91 Å². The molecule has 0 atom stereocenters. The van der Waals surface area contributed by atoms with Crippen LogP contribution < -0.4 is 5.32 Å². The molecule has 0 spiro atoms. The van der Waals surface area contributed by atoms with Gasteiger partial charge in [0, 0.05) is 12.1 Å². The molecule has 4 nitrogen and oxygen atoms in total. The second kappa shape index (κ2) is 5.78. The van der Waals surface area contributed by atoms with Crippen molar-refractivity contribution in [2.75, 3.05) is 31.5 Å². The molecule has 1 heterocycles. The maximum atomic E-state index is 11.8. The lowest BCUT2D eigenvalue weighted by molar-refractivity contribution is -0.110. The number of fused-ring (bicyclic) bond motifs is 1. The lowest BCUT2D eigenvalue weighted by atomic mass is 10.1. The van der Waals surface area contributed by atoms with E-state index >= 15 is 0 Å². The zero-order valence-corrected chi connectivity index (χ0v) is 10.9. The van der Waals surface area contributed by atoms with Crippen LogP contribution in [0.25, 0.3) is 0 Å². The minimum atomic E-state index is -0.0873. The predicted molar refractivity (Wildman–Crippen MR) is 74.3 cm³/mol. The molecule has 1 aromatic rings. The Balaban J connectivity index is 2.07. The van der Waals surface area contributed by atoms with Gasteiger partial charge in [0.2, 0.25) is 0 Å². The van der Waals surface area contributed by atoms with Gasteiger partial charge in [0.05, 0.1) is 12.2 Å². The number of aliphatic imine (C=N–C) groups is 1. The number of nitrogens with one attached hydrogen (secondary N) is 1. The third-order valence-corrected chi connectivity index (χ3v) is 3.23. The van der Waals surface area contributed by atoms with Crippen molar-refractivity contribution in [1.29, 1.82) is 0 Å². The summed E-state index contributed by atoms with van der Waals surface area (Å²) in [5, 5.41) is 2.83. The first-order valence-electron chi connectivity index (χ1n) is 6.43. The van der Waals surface area contributed by atoms with E-state index in [0.717, 1.165) is 30.9 Å². The van der Waals surface area contributed by atoms with Crippen LogP contribution in [-0.2, 0) is 4.79 Å². The van der Waals surface area contributed by atoms with E-state index in [9.17, 15) is 4.79 Å². The van der Waals surface area contributed by atoms with Crippen molar-refractivity contribution in [1.82, 2.24) is 4.90 Å². The van der Waals surface area contributed by atoms with Gasteiger partial charge in [0.1, 0.15) is 5.71 Å². The first-order valence-corrected chi connectivity index (χ1v) is 6.43. The maximum Gasteiger partial charge on any atom is 0.274 e. The van der Waals surface area contributed by atoms with Crippen LogP contribution in [0.2, 0.25) is 0 Å². The molecule has 0 saturated heterocycles. The summed E-state index contributed by atoms with van der Waals surface area (Å²) >= 11 is 0. The predicted octanol–water partition coefficient (Wildman–Crippen LogP) is 1.77. The number of nitrogens with zero attached hydrogens (tertiary/aromatic N) is 2. The zero-order chi connectivity index (χ0) is 13.0. The second-order valence-corrected chi connectivity index (χ2v) is 4.26. The van der Waals surface area contributed by atoms with E-state index in [1.54, 1.807) is 0 Å². The molecule has 1 aliphatic rings. The topological polar surface area (TPSA) is 44.7 Å². The average molecular weight is 245 g/mol. The minimum Gasteiger partial charge on any atom is -0.320 e. The highest BCUT2D eigenvalue weighted by Crippen LogP contribution is 2.22. The average Bonchev–Trinajstić information content (AvgIpc) is 2.71. The highest BCUT2D eigenvalue weighted by atomic mass is 16.2. The molecular formula is C14H19N3O. The van der Waals surface area contributed by atoms with E-state index in [1.165, 1.54) is 0 Å². The van der Waals surface area contributed by atoms with Gasteiger partial charge in [-0.2, -0.15) is 0 Å². The van der Waals surface area contributed by atoms with Crippen molar-refractivity contribution in [3.63, 3.8) is 0 Å². The summed E-state index contributed by atoms with van der Waals surface area (Å²) in [5.74, 6) is -0.0873. The Hall–Kier alpha value is -1.68. The third kappa shape index (κ3) is 2.59. The molecule has 0 radical (unpaired) electrons. The van der Waals surface area contributed by atoms with Crippen molar-refractivity contribution < 1.29 is 4.79 Å². The highest BCUT2D eigenvalue weighted by molar-refractivity contribution is 6.53. The molecule has 1 aromatic carbocycles. The van der Waals surface area contributed by atoms with Crippen molar-refractivity contribution in [2.24, 2.45) is 4.99 Å². The van der Waals surface area contributed by atoms with Gasteiger partial charge < -0.3 is 10.2 Å². The van der Waals surface area contributed by atoms with Crippen molar-refractivity contribution >= 4 is 17.3 Å². The van der Waals surface area contributed by atoms with Gasteiger partial charge in [-0.05, 0) is 19.2 Å². The Morgan fingerprint density at radius 2 is 1.94 bits per heavy atom. The molecule has 0 fully saturated rings. The molecule has 2 rings (SSSR count). The molecule has 0 saturated carbocycles. The molecular weight excluding hydrogens is 226 g/mol.